The number of hydrogen-bond donors (Lipinski definition) is 1. The highest BCUT2D eigenvalue weighted by Crippen LogP contribution is 2.40. The zero-order valence-electron chi connectivity index (χ0n) is 19.8. The van der Waals surface area contributed by atoms with Crippen LogP contribution in [0.25, 0.3) is 22.6 Å². The van der Waals surface area contributed by atoms with E-state index in [4.69, 9.17) is 14.0 Å². The second-order valence-corrected chi connectivity index (χ2v) is 10.4. The van der Waals surface area contributed by atoms with Gasteiger partial charge < -0.3 is 14.0 Å². The van der Waals surface area contributed by atoms with Gasteiger partial charge in [-0.05, 0) is 31.0 Å². The number of nitrogens with one attached hydrogen (secondary N) is 1. The zero-order chi connectivity index (χ0) is 26.9. The fraction of sp³-hybridized carbons (Fsp3) is 0.348. The molecule has 38 heavy (non-hydrogen) atoms. The van der Waals surface area contributed by atoms with Crippen LogP contribution in [0.3, 0.4) is 0 Å². The number of halogens is 3. The molecule has 1 atom stereocenters. The fourth-order valence-corrected chi connectivity index (χ4v) is 4.40. The second kappa shape index (κ2) is 10.1. The molecule has 1 aromatic carbocycles. The third kappa shape index (κ3) is 5.83. The Morgan fingerprint density at radius 3 is 2.47 bits per heavy atom. The number of para-hydroxylation sites is 2. The zero-order valence-corrected chi connectivity index (χ0v) is 20.7. The molecule has 200 valence electrons. The van der Waals surface area contributed by atoms with Crippen LogP contribution in [0.2, 0.25) is 0 Å². The van der Waals surface area contributed by atoms with E-state index in [1.807, 2.05) is 0 Å². The first kappa shape index (κ1) is 25.8. The van der Waals surface area contributed by atoms with Gasteiger partial charge in [-0.2, -0.15) is 18.2 Å². The lowest BCUT2D eigenvalue weighted by Gasteiger charge is -2.22. The molecule has 4 aromatic rings. The predicted molar refractivity (Wildman–Crippen MR) is 128 cm³/mol. The van der Waals surface area contributed by atoms with Gasteiger partial charge in [0.15, 0.2) is 0 Å². The molecule has 1 fully saturated rings. The molecule has 0 saturated heterocycles. The van der Waals surface area contributed by atoms with Crippen molar-refractivity contribution in [1.29, 1.82) is 0 Å². The molecule has 0 amide bonds. The van der Waals surface area contributed by atoms with Crippen molar-refractivity contribution >= 4 is 26.9 Å². The van der Waals surface area contributed by atoms with E-state index in [-0.39, 0.29) is 40.6 Å². The lowest BCUT2D eigenvalue weighted by atomic mass is 10.1. The van der Waals surface area contributed by atoms with Crippen LogP contribution >= 0.6 is 0 Å². The van der Waals surface area contributed by atoms with Crippen LogP contribution in [0.15, 0.2) is 47.1 Å². The average molecular weight is 551 g/mol. The smallest absolute Gasteiger partial charge is 0.429 e. The van der Waals surface area contributed by atoms with Gasteiger partial charge in [0.05, 0.1) is 23.4 Å². The lowest BCUT2D eigenvalue weighted by molar-refractivity contribution is -0.198. The third-order valence-corrected chi connectivity index (χ3v) is 6.77. The Kier molecular flexibility index (Phi) is 6.88. The third-order valence-electron chi connectivity index (χ3n) is 5.56. The van der Waals surface area contributed by atoms with Crippen LogP contribution in [-0.4, -0.2) is 59.2 Å². The van der Waals surface area contributed by atoms with E-state index in [2.05, 4.69) is 29.8 Å². The Hall–Kier alpha value is -3.85. The molecule has 0 radical (unpaired) electrons. The van der Waals surface area contributed by atoms with E-state index in [9.17, 15) is 21.6 Å². The summed E-state index contributed by atoms with van der Waals surface area (Å²) in [5.41, 5.74) is 0.336. The number of fused-ring (bicyclic) bond motifs is 1. The molecule has 0 unspecified atom stereocenters. The molecule has 1 N–H and O–H groups in total. The van der Waals surface area contributed by atoms with Crippen molar-refractivity contribution in [2.75, 3.05) is 24.2 Å². The van der Waals surface area contributed by atoms with Crippen molar-refractivity contribution in [3.63, 3.8) is 0 Å². The summed E-state index contributed by atoms with van der Waals surface area (Å²) in [6.07, 6.45) is -4.57. The Bertz CT molecular complexity index is 1540. The van der Waals surface area contributed by atoms with Gasteiger partial charge >= 0.3 is 6.18 Å². The van der Waals surface area contributed by atoms with E-state index >= 15 is 0 Å². The van der Waals surface area contributed by atoms with E-state index in [1.54, 1.807) is 12.1 Å². The number of methoxy groups -OCH3 is 1. The molecule has 11 nitrogen and oxygen atoms in total. The van der Waals surface area contributed by atoms with Crippen LogP contribution in [-0.2, 0) is 14.8 Å². The summed E-state index contributed by atoms with van der Waals surface area (Å²) in [6, 6.07) is 8.78. The number of ether oxygens (including phenoxy) is 2. The van der Waals surface area contributed by atoms with Crippen molar-refractivity contribution in [3.05, 3.63) is 54.0 Å². The number of anilines is 1. The molecule has 1 saturated carbocycles. The summed E-state index contributed by atoms with van der Waals surface area (Å²) in [4.78, 5) is 16.6. The van der Waals surface area contributed by atoms with Crippen LogP contribution in [0, 0.1) is 0 Å². The fourth-order valence-electron chi connectivity index (χ4n) is 3.49. The standard InChI is InChI=1S/C23H21F3N6O5S/c1-35-10-11-38(33,34)32-20-22(29-16-5-3-2-4-15(16)28-20)36-18(23(24,25)26)14-8-9-17(27-12-14)19-30-21(37-31-19)13-6-7-13/h2-5,8-9,12-13,18H,6-7,10-11H2,1H3,(H,28,32)/t18-/m1/s1. The largest absolute Gasteiger partial charge is 0.457 e. The number of rotatable bonds is 10. The molecule has 1 aliphatic carbocycles. The minimum Gasteiger partial charge on any atom is -0.457 e. The number of aromatic nitrogens is 5. The van der Waals surface area contributed by atoms with Crippen LogP contribution < -0.4 is 9.46 Å². The normalized spacial score (nSPS) is 14.9. The van der Waals surface area contributed by atoms with Gasteiger partial charge in [0.2, 0.25) is 33.7 Å². The Labute approximate surface area is 214 Å². The summed E-state index contributed by atoms with van der Waals surface area (Å²) < 4.78 is 84.8. The van der Waals surface area contributed by atoms with E-state index in [0.29, 0.717) is 5.89 Å². The minimum absolute atomic E-state index is 0.141. The predicted octanol–water partition coefficient (Wildman–Crippen LogP) is 4.02. The summed E-state index contributed by atoms with van der Waals surface area (Å²) in [5.74, 6) is -0.748. The molecule has 0 bridgehead atoms. The SMILES string of the molecule is COCCS(=O)(=O)Nc1nc2ccccc2nc1O[C@H](c1ccc(-c2noc(C3CC3)n2)nc1)C(F)(F)F. The van der Waals surface area contributed by atoms with Crippen molar-refractivity contribution < 1.29 is 35.6 Å². The quantitative estimate of drug-likeness (QED) is 0.308. The van der Waals surface area contributed by atoms with Crippen LogP contribution in [0.4, 0.5) is 19.0 Å². The molecule has 5 rings (SSSR count). The van der Waals surface area contributed by atoms with Gasteiger partial charge in [-0.1, -0.05) is 23.4 Å². The topological polar surface area (TPSA) is 142 Å². The highest BCUT2D eigenvalue weighted by molar-refractivity contribution is 7.92. The second-order valence-electron chi connectivity index (χ2n) is 8.53. The Balaban J connectivity index is 1.47. The highest BCUT2D eigenvalue weighted by Gasteiger charge is 2.44. The first-order valence-electron chi connectivity index (χ1n) is 11.4. The Morgan fingerprint density at radius 2 is 1.84 bits per heavy atom. The summed E-state index contributed by atoms with van der Waals surface area (Å²) >= 11 is 0. The molecule has 0 aliphatic heterocycles. The van der Waals surface area contributed by atoms with Gasteiger partial charge in [-0.3, -0.25) is 9.71 Å². The van der Waals surface area contributed by atoms with Crippen molar-refractivity contribution in [1.82, 2.24) is 25.1 Å². The van der Waals surface area contributed by atoms with E-state index in [0.717, 1.165) is 19.0 Å². The highest BCUT2D eigenvalue weighted by atomic mass is 32.2. The number of alkyl halides is 3. The maximum absolute atomic E-state index is 14.2. The maximum atomic E-state index is 14.2. The number of pyridine rings is 1. The maximum Gasteiger partial charge on any atom is 0.429 e. The van der Waals surface area contributed by atoms with Gasteiger partial charge in [-0.25, -0.2) is 18.4 Å². The van der Waals surface area contributed by atoms with Crippen molar-refractivity contribution in [2.45, 2.75) is 31.0 Å². The molecule has 0 spiro atoms. The van der Waals surface area contributed by atoms with Crippen LogP contribution in [0.5, 0.6) is 5.88 Å². The van der Waals surface area contributed by atoms with Gasteiger partial charge in [-0.15, -0.1) is 0 Å². The lowest BCUT2D eigenvalue weighted by Crippen LogP contribution is -2.28. The summed E-state index contributed by atoms with van der Waals surface area (Å²) in [5, 5.41) is 3.84. The van der Waals surface area contributed by atoms with Gasteiger partial charge in [0.1, 0.15) is 5.69 Å². The molecule has 15 heteroatoms. The van der Waals surface area contributed by atoms with E-state index < -0.39 is 39.8 Å². The molecule has 3 aromatic heterocycles. The minimum atomic E-state index is -4.91. The summed E-state index contributed by atoms with van der Waals surface area (Å²) in [6.45, 7) is -0.141. The molecule has 3 heterocycles. The number of benzene rings is 1. The van der Waals surface area contributed by atoms with Crippen LogP contribution in [0.1, 0.15) is 36.3 Å². The number of sulfonamides is 1. The summed E-state index contributed by atoms with van der Waals surface area (Å²) in [7, 11) is -2.72. The van der Waals surface area contributed by atoms with Crippen molar-refractivity contribution in [2.24, 2.45) is 0 Å². The van der Waals surface area contributed by atoms with Gasteiger partial charge in [0.25, 0.3) is 5.88 Å². The number of nitrogens with zero attached hydrogens (tertiary/aromatic N) is 5. The first-order chi connectivity index (χ1) is 18.1. The average Bonchev–Trinajstić information content (AvgIpc) is 3.62. The molecule has 1 aliphatic rings. The number of hydrogen-bond acceptors (Lipinski definition) is 10. The molecular formula is C23H21F3N6O5S. The van der Waals surface area contributed by atoms with Crippen molar-refractivity contribution in [3.8, 4) is 17.4 Å². The monoisotopic (exact) mass is 550 g/mol. The van der Waals surface area contributed by atoms with E-state index in [1.165, 1.54) is 31.4 Å². The molecular weight excluding hydrogens is 529 g/mol. The van der Waals surface area contributed by atoms with Gasteiger partial charge in [0, 0.05) is 24.8 Å². The first-order valence-corrected chi connectivity index (χ1v) is 13.1. The Morgan fingerprint density at radius 1 is 1.11 bits per heavy atom.